The zero-order valence-electron chi connectivity index (χ0n) is 23.8. The lowest BCUT2D eigenvalue weighted by atomic mass is 9.42. The van der Waals surface area contributed by atoms with Crippen molar-refractivity contribution in [1.29, 1.82) is 0 Å². The monoisotopic (exact) mass is 550 g/mol. The molecule has 4 rings (SSSR count). The number of hydrogen-bond acceptors (Lipinski definition) is 10. The molecule has 10 nitrogen and oxygen atoms in total. The molecule has 0 aromatic carbocycles. The zero-order valence-corrected chi connectivity index (χ0v) is 23.8. The Morgan fingerprint density at radius 2 is 1.92 bits per heavy atom. The molecule has 3 fully saturated rings. The standard InChI is InChI=1S/C29H42O10/c1-7-16(2)26(34)39-22(20-11-24(33)35-13-20)12-27(6)17(3)10-23(38-19(5)31)29(15-36-18(4)30)25(27)21(32)8-9-28(29)14-37-28/h11,16-17,21-23,25,32H,7-10,12-15H2,1-6H3. The van der Waals surface area contributed by atoms with Gasteiger partial charge in [0.25, 0.3) is 0 Å². The highest BCUT2D eigenvalue weighted by atomic mass is 16.6. The fourth-order valence-electron chi connectivity index (χ4n) is 7.40. The van der Waals surface area contributed by atoms with Crippen LogP contribution in [0, 0.1) is 28.6 Å². The Morgan fingerprint density at radius 3 is 2.46 bits per heavy atom. The molecule has 39 heavy (non-hydrogen) atoms. The predicted octanol–water partition coefficient (Wildman–Crippen LogP) is 2.88. The minimum absolute atomic E-state index is 0.0245. The van der Waals surface area contributed by atoms with Gasteiger partial charge in [0, 0.05) is 31.4 Å². The maximum absolute atomic E-state index is 13.0. The van der Waals surface area contributed by atoms with Gasteiger partial charge in [-0.3, -0.25) is 14.4 Å². The first kappa shape index (κ1) is 29.5. The molecule has 1 saturated heterocycles. The first-order valence-corrected chi connectivity index (χ1v) is 14.0. The molecule has 0 aromatic heterocycles. The molecule has 2 aliphatic heterocycles. The van der Waals surface area contributed by atoms with E-state index >= 15 is 0 Å². The Bertz CT molecular complexity index is 1030. The van der Waals surface area contributed by atoms with Gasteiger partial charge in [-0.05, 0) is 43.4 Å². The minimum Gasteiger partial charge on any atom is -0.465 e. The maximum atomic E-state index is 13.0. The van der Waals surface area contributed by atoms with Gasteiger partial charge in [0.15, 0.2) is 0 Å². The Balaban J connectivity index is 1.81. The smallest absolute Gasteiger partial charge is 0.331 e. The van der Waals surface area contributed by atoms with Crippen LogP contribution < -0.4 is 0 Å². The van der Waals surface area contributed by atoms with E-state index in [2.05, 4.69) is 0 Å². The average Bonchev–Trinajstić information content (AvgIpc) is 3.52. The summed E-state index contributed by atoms with van der Waals surface area (Å²) in [5.74, 6) is -2.76. The van der Waals surface area contributed by atoms with Crippen LogP contribution in [0.2, 0.25) is 0 Å². The second-order valence-electron chi connectivity index (χ2n) is 12.2. The van der Waals surface area contributed by atoms with Crippen LogP contribution in [0.1, 0.15) is 73.6 Å². The van der Waals surface area contributed by atoms with Crippen molar-refractivity contribution in [2.75, 3.05) is 19.8 Å². The molecule has 218 valence electrons. The van der Waals surface area contributed by atoms with Gasteiger partial charge in [-0.15, -0.1) is 0 Å². The van der Waals surface area contributed by atoms with E-state index in [-0.39, 0.29) is 31.0 Å². The highest BCUT2D eigenvalue weighted by Crippen LogP contribution is 2.69. The molecule has 2 saturated carbocycles. The van der Waals surface area contributed by atoms with E-state index in [1.54, 1.807) is 6.92 Å². The molecule has 0 amide bonds. The topological polar surface area (TPSA) is 138 Å². The molecule has 1 spiro atoms. The van der Waals surface area contributed by atoms with Crippen LogP contribution in [-0.2, 0) is 42.9 Å². The van der Waals surface area contributed by atoms with E-state index in [9.17, 15) is 24.3 Å². The third-order valence-corrected chi connectivity index (χ3v) is 9.92. The number of hydrogen-bond donors (Lipinski definition) is 1. The molecule has 0 bridgehead atoms. The number of ether oxygens (including phenoxy) is 5. The molecule has 2 heterocycles. The summed E-state index contributed by atoms with van der Waals surface area (Å²) in [5.41, 5.74) is -1.85. The summed E-state index contributed by atoms with van der Waals surface area (Å²) in [7, 11) is 0. The second-order valence-corrected chi connectivity index (χ2v) is 12.2. The predicted molar refractivity (Wildman–Crippen MR) is 137 cm³/mol. The van der Waals surface area contributed by atoms with E-state index in [1.165, 1.54) is 19.9 Å². The van der Waals surface area contributed by atoms with Crippen LogP contribution in [0.3, 0.4) is 0 Å². The molecule has 2 aliphatic carbocycles. The number of aliphatic hydroxyl groups is 1. The van der Waals surface area contributed by atoms with Crippen molar-refractivity contribution in [2.45, 2.75) is 97.6 Å². The normalized spacial score (nSPS) is 38.6. The van der Waals surface area contributed by atoms with Gasteiger partial charge in [0.1, 0.15) is 31.0 Å². The van der Waals surface area contributed by atoms with E-state index in [0.29, 0.717) is 44.3 Å². The van der Waals surface area contributed by atoms with Crippen LogP contribution in [0.15, 0.2) is 11.6 Å². The van der Waals surface area contributed by atoms with E-state index in [4.69, 9.17) is 23.7 Å². The summed E-state index contributed by atoms with van der Waals surface area (Å²) in [6, 6.07) is 0. The van der Waals surface area contributed by atoms with Gasteiger partial charge in [0.2, 0.25) is 0 Å². The maximum Gasteiger partial charge on any atom is 0.331 e. The van der Waals surface area contributed by atoms with Crippen LogP contribution in [0.5, 0.6) is 0 Å². The van der Waals surface area contributed by atoms with Crippen molar-refractivity contribution >= 4 is 23.9 Å². The largest absolute Gasteiger partial charge is 0.465 e. The number of esters is 4. The first-order chi connectivity index (χ1) is 18.3. The number of cyclic esters (lactones) is 1. The van der Waals surface area contributed by atoms with Gasteiger partial charge in [-0.25, -0.2) is 4.79 Å². The summed E-state index contributed by atoms with van der Waals surface area (Å²) in [6.07, 6.45) is 1.48. The van der Waals surface area contributed by atoms with E-state index in [1.807, 2.05) is 20.8 Å². The molecule has 9 atom stereocenters. The average molecular weight is 551 g/mol. The van der Waals surface area contributed by atoms with Gasteiger partial charge >= 0.3 is 23.9 Å². The number of epoxide rings is 1. The van der Waals surface area contributed by atoms with Gasteiger partial charge in [-0.1, -0.05) is 27.7 Å². The van der Waals surface area contributed by atoms with Gasteiger partial charge < -0.3 is 28.8 Å². The molecular weight excluding hydrogens is 508 g/mol. The fourth-order valence-corrected chi connectivity index (χ4v) is 7.40. The Kier molecular flexibility index (Phi) is 8.21. The third-order valence-electron chi connectivity index (χ3n) is 9.92. The van der Waals surface area contributed by atoms with Gasteiger partial charge in [-0.2, -0.15) is 0 Å². The molecule has 0 aromatic rings. The highest BCUT2D eigenvalue weighted by molar-refractivity contribution is 5.85. The number of carbonyl (C=O) groups is 4. The fraction of sp³-hybridized carbons (Fsp3) is 0.793. The molecule has 9 unspecified atom stereocenters. The molecule has 0 radical (unpaired) electrons. The van der Waals surface area contributed by atoms with Crippen molar-refractivity contribution in [3.8, 4) is 0 Å². The summed E-state index contributed by atoms with van der Waals surface area (Å²) in [6.45, 7) is 10.8. The van der Waals surface area contributed by atoms with Crippen molar-refractivity contribution in [3.63, 3.8) is 0 Å². The lowest BCUT2D eigenvalue weighted by Gasteiger charge is -2.64. The van der Waals surface area contributed by atoms with E-state index < -0.39 is 58.6 Å². The summed E-state index contributed by atoms with van der Waals surface area (Å²) in [5, 5.41) is 11.7. The molecule has 4 aliphatic rings. The number of carbonyl (C=O) groups excluding carboxylic acids is 4. The lowest BCUT2D eigenvalue weighted by Crippen LogP contribution is -2.70. The third kappa shape index (κ3) is 5.22. The number of fused-ring (bicyclic) bond motifs is 2. The van der Waals surface area contributed by atoms with Crippen LogP contribution in [0.4, 0.5) is 0 Å². The van der Waals surface area contributed by atoms with Crippen molar-refractivity contribution in [2.24, 2.45) is 28.6 Å². The van der Waals surface area contributed by atoms with Crippen LogP contribution in [-0.4, -0.2) is 72.7 Å². The first-order valence-electron chi connectivity index (χ1n) is 14.0. The summed E-state index contributed by atoms with van der Waals surface area (Å²) < 4.78 is 28.9. The summed E-state index contributed by atoms with van der Waals surface area (Å²) >= 11 is 0. The Morgan fingerprint density at radius 1 is 1.23 bits per heavy atom. The van der Waals surface area contributed by atoms with Crippen molar-refractivity contribution in [3.05, 3.63) is 11.6 Å². The highest BCUT2D eigenvalue weighted by Gasteiger charge is 2.77. The Labute approximate surface area is 229 Å². The minimum atomic E-state index is -1.01. The van der Waals surface area contributed by atoms with Gasteiger partial charge in [0.05, 0.1) is 24.0 Å². The van der Waals surface area contributed by atoms with Crippen molar-refractivity contribution in [1.82, 2.24) is 0 Å². The summed E-state index contributed by atoms with van der Waals surface area (Å²) in [4.78, 5) is 49.3. The second kappa shape index (κ2) is 10.8. The number of rotatable bonds is 9. The number of aliphatic hydroxyl groups excluding tert-OH is 1. The lowest BCUT2D eigenvalue weighted by molar-refractivity contribution is -0.255. The van der Waals surface area contributed by atoms with Crippen LogP contribution in [0.25, 0.3) is 0 Å². The van der Waals surface area contributed by atoms with E-state index in [0.717, 1.165) is 0 Å². The molecular formula is C29H42O10. The zero-order chi connectivity index (χ0) is 28.8. The van der Waals surface area contributed by atoms with Crippen LogP contribution >= 0.6 is 0 Å². The molecule has 1 N–H and O–H groups in total. The Hall–Kier alpha value is -2.46. The SMILES string of the molecule is CCC(C)C(=O)OC(CC1(C)C(C)CC(OC(C)=O)C2(COC(C)=O)C1C(O)CCC21CO1)C1=CC(=O)OC1. The van der Waals surface area contributed by atoms with Crippen molar-refractivity contribution < 1.29 is 48.0 Å². The quantitative estimate of drug-likeness (QED) is 0.259. The molecule has 10 heteroatoms.